The lowest BCUT2D eigenvalue weighted by atomic mass is 10.0. The molecule has 0 aliphatic carbocycles. The minimum atomic E-state index is -1.81. The van der Waals surface area contributed by atoms with Gasteiger partial charge in [0.1, 0.15) is 11.5 Å². The number of carbonyl (C=O) groups is 2. The maximum Gasteiger partial charge on any atom is 0.343 e. The van der Waals surface area contributed by atoms with Crippen LogP contribution in [0.4, 0.5) is 0 Å². The van der Waals surface area contributed by atoms with Gasteiger partial charge in [-0.3, -0.25) is 0 Å². The first-order chi connectivity index (χ1) is 21.0. The fourth-order valence-electron chi connectivity index (χ4n) is 4.91. The van der Waals surface area contributed by atoms with E-state index in [2.05, 4.69) is 38.8 Å². The van der Waals surface area contributed by atoms with Crippen LogP contribution in [0.2, 0.25) is 38.3 Å². The SMILES string of the molecule is C=CC(=O)OCCC[Si](C)(C)O[Si](C)(C)CCCCCOc1ccc(C(=O)Oc2ccc(-c3ccc(C#N)cc3)cc2)cc1. The van der Waals surface area contributed by atoms with E-state index >= 15 is 0 Å². The Balaban J connectivity index is 1.34. The van der Waals surface area contributed by atoms with Crippen LogP contribution in [0.5, 0.6) is 11.5 Å². The molecule has 0 amide bonds. The average molecular weight is 630 g/mol. The summed E-state index contributed by atoms with van der Waals surface area (Å²) < 4.78 is 23.2. The van der Waals surface area contributed by atoms with E-state index in [9.17, 15) is 9.59 Å². The van der Waals surface area contributed by atoms with Crippen LogP contribution >= 0.6 is 0 Å². The van der Waals surface area contributed by atoms with E-state index in [1.165, 1.54) is 6.08 Å². The molecule has 232 valence electrons. The van der Waals surface area contributed by atoms with Crippen molar-refractivity contribution in [3.05, 3.63) is 96.6 Å². The van der Waals surface area contributed by atoms with E-state index in [0.717, 1.165) is 54.6 Å². The van der Waals surface area contributed by atoms with Crippen LogP contribution < -0.4 is 9.47 Å². The molecule has 0 atom stereocenters. The van der Waals surface area contributed by atoms with Crippen LogP contribution in [-0.4, -0.2) is 41.8 Å². The quantitative estimate of drug-likeness (QED) is 0.0485. The van der Waals surface area contributed by atoms with E-state index in [-0.39, 0.29) is 5.97 Å². The standard InChI is InChI=1S/C35H43NO6Si2/c1-6-34(37)40-24-10-26-44(4,5)42-43(2,3)25-9-7-8-23-39-32-19-17-31(18-20-32)35(38)41-33-21-15-30(16-22-33)29-13-11-28(27-36)12-14-29/h6,11-22H,1,7-10,23-26H2,2-5H3. The highest BCUT2D eigenvalue weighted by molar-refractivity contribution is 6.84. The Hall–Kier alpha value is -3.98. The summed E-state index contributed by atoms with van der Waals surface area (Å²) in [4.78, 5) is 23.8. The molecule has 0 radical (unpaired) electrons. The monoisotopic (exact) mass is 629 g/mol. The first-order valence-corrected chi connectivity index (χ1v) is 21.3. The van der Waals surface area contributed by atoms with Crippen molar-refractivity contribution in [2.24, 2.45) is 0 Å². The fourth-order valence-corrected chi connectivity index (χ4v) is 13.8. The molecule has 0 aromatic heterocycles. The summed E-state index contributed by atoms with van der Waals surface area (Å²) in [7, 11) is -3.59. The minimum absolute atomic E-state index is 0.373. The topological polar surface area (TPSA) is 94.8 Å². The second kappa shape index (κ2) is 16.8. The maximum atomic E-state index is 12.6. The van der Waals surface area contributed by atoms with Gasteiger partial charge in [-0.25, -0.2) is 9.59 Å². The molecule has 0 N–H and O–H groups in total. The fraction of sp³-hybridized carbons (Fsp3) is 0.343. The second-order valence-corrected chi connectivity index (χ2v) is 20.7. The Morgan fingerprint density at radius 3 is 1.91 bits per heavy atom. The smallest absolute Gasteiger partial charge is 0.343 e. The van der Waals surface area contributed by atoms with E-state index in [1.807, 2.05) is 24.3 Å². The van der Waals surface area contributed by atoms with Crippen molar-refractivity contribution in [1.29, 1.82) is 5.26 Å². The van der Waals surface area contributed by atoms with E-state index in [0.29, 0.717) is 30.1 Å². The summed E-state index contributed by atoms with van der Waals surface area (Å²) in [5.41, 5.74) is 3.01. The van der Waals surface area contributed by atoms with Crippen LogP contribution in [0.15, 0.2) is 85.5 Å². The molecule has 0 aliphatic heterocycles. The third-order valence-corrected chi connectivity index (χ3v) is 14.6. The predicted octanol–water partition coefficient (Wildman–Crippen LogP) is 8.54. The number of hydrogen-bond donors (Lipinski definition) is 0. The normalized spacial score (nSPS) is 11.3. The maximum absolute atomic E-state index is 12.6. The van der Waals surface area contributed by atoms with Crippen molar-refractivity contribution in [1.82, 2.24) is 0 Å². The summed E-state index contributed by atoms with van der Waals surface area (Å²) in [6.07, 6.45) is 5.12. The summed E-state index contributed by atoms with van der Waals surface area (Å²) >= 11 is 0. The molecule has 0 saturated carbocycles. The Bertz CT molecular complexity index is 1410. The lowest BCUT2D eigenvalue weighted by Gasteiger charge is -2.34. The molecule has 0 bridgehead atoms. The number of carbonyl (C=O) groups excluding carboxylic acids is 2. The van der Waals surface area contributed by atoms with E-state index in [1.54, 1.807) is 48.5 Å². The summed E-state index contributed by atoms with van der Waals surface area (Å²) in [6.45, 7) is 13.5. The molecular weight excluding hydrogens is 587 g/mol. The number of benzene rings is 3. The van der Waals surface area contributed by atoms with Gasteiger partial charge < -0.3 is 18.3 Å². The van der Waals surface area contributed by atoms with Crippen LogP contribution in [0.3, 0.4) is 0 Å². The third kappa shape index (κ3) is 12.0. The molecule has 0 unspecified atom stereocenters. The molecule has 44 heavy (non-hydrogen) atoms. The van der Waals surface area contributed by atoms with Gasteiger partial charge in [0, 0.05) is 6.08 Å². The van der Waals surface area contributed by atoms with Gasteiger partial charge >= 0.3 is 11.9 Å². The second-order valence-electron chi connectivity index (χ2n) is 11.9. The number of ether oxygens (including phenoxy) is 3. The number of esters is 2. The lowest BCUT2D eigenvalue weighted by molar-refractivity contribution is -0.137. The van der Waals surface area contributed by atoms with Crippen molar-refractivity contribution in [3.8, 4) is 28.7 Å². The van der Waals surface area contributed by atoms with Crippen molar-refractivity contribution in [2.75, 3.05) is 13.2 Å². The summed E-state index contributed by atoms with van der Waals surface area (Å²) in [6, 6.07) is 25.8. The van der Waals surface area contributed by atoms with Gasteiger partial charge in [-0.2, -0.15) is 5.26 Å². The molecule has 7 nitrogen and oxygen atoms in total. The number of hydrogen-bond acceptors (Lipinski definition) is 7. The van der Waals surface area contributed by atoms with Crippen LogP contribution in [0.1, 0.15) is 41.6 Å². The molecule has 9 heteroatoms. The highest BCUT2D eigenvalue weighted by Crippen LogP contribution is 2.26. The van der Waals surface area contributed by atoms with Gasteiger partial charge in [0.2, 0.25) is 0 Å². The lowest BCUT2D eigenvalue weighted by Crippen LogP contribution is -2.44. The van der Waals surface area contributed by atoms with Crippen molar-refractivity contribution in [2.45, 2.75) is 64.0 Å². The minimum Gasteiger partial charge on any atom is -0.494 e. The van der Waals surface area contributed by atoms with Gasteiger partial charge in [-0.15, -0.1) is 0 Å². The van der Waals surface area contributed by atoms with Gasteiger partial charge in [0.15, 0.2) is 16.6 Å². The van der Waals surface area contributed by atoms with Crippen LogP contribution in [0.25, 0.3) is 11.1 Å². The molecule has 0 saturated heterocycles. The Kier molecular flexibility index (Phi) is 13.1. The predicted molar refractivity (Wildman–Crippen MR) is 179 cm³/mol. The Morgan fingerprint density at radius 2 is 1.32 bits per heavy atom. The summed E-state index contributed by atoms with van der Waals surface area (Å²) in [5.74, 6) is 0.376. The molecular formula is C35H43NO6Si2. The molecule has 0 spiro atoms. The largest absolute Gasteiger partial charge is 0.494 e. The van der Waals surface area contributed by atoms with Crippen molar-refractivity contribution < 1.29 is 27.9 Å². The number of nitrogens with zero attached hydrogens (tertiary/aromatic N) is 1. The molecule has 0 fully saturated rings. The number of nitriles is 1. The molecule has 3 rings (SSSR count). The molecule has 0 heterocycles. The molecule has 3 aromatic carbocycles. The van der Waals surface area contributed by atoms with Gasteiger partial charge in [-0.1, -0.05) is 43.7 Å². The molecule has 3 aromatic rings. The van der Waals surface area contributed by atoms with E-state index in [4.69, 9.17) is 23.6 Å². The zero-order valence-electron chi connectivity index (χ0n) is 26.3. The zero-order chi connectivity index (χ0) is 32.0. The first kappa shape index (κ1) is 34.5. The first-order valence-electron chi connectivity index (χ1n) is 15.1. The number of unbranched alkanes of at least 4 members (excludes halogenated alkanes) is 2. The van der Waals surface area contributed by atoms with Crippen LogP contribution in [0, 0.1) is 11.3 Å². The van der Waals surface area contributed by atoms with Crippen molar-refractivity contribution >= 4 is 28.6 Å². The highest BCUT2D eigenvalue weighted by Gasteiger charge is 2.32. The Labute approximate surface area is 263 Å². The zero-order valence-corrected chi connectivity index (χ0v) is 28.3. The van der Waals surface area contributed by atoms with Crippen LogP contribution in [-0.2, 0) is 13.6 Å². The molecule has 0 aliphatic rings. The van der Waals surface area contributed by atoms with Gasteiger partial charge in [0.05, 0.1) is 30.4 Å². The van der Waals surface area contributed by atoms with E-state index < -0.39 is 22.6 Å². The number of rotatable bonds is 17. The van der Waals surface area contributed by atoms with Gasteiger partial charge in [0.25, 0.3) is 0 Å². The van der Waals surface area contributed by atoms with Crippen molar-refractivity contribution in [3.63, 3.8) is 0 Å². The highest BCUT2D eigenvalue weighted by atomic mass is 28.4. The average Bonchev–Trinajstić information content (AvgIpc) is 3.01. The summed E-state index contributed by atoms with van der Waals surface area (Å²) in [5, 5.41) is 8.96. The van der Waals surface area contributed by atoms with Gasteiger partial charge in [-0.05, 0) is 111 Å². The Morgan fingerprint density at radius 1 is 0.750 bits per heavy atom. The third-order valence-electron chi connectivity index (χ3n) is 7.08.